The first-order valence-electron chi connectivity index (χ1n) is 6.83. The van der Waals surface area contributed by atoms with E-state index in [1.165, 1.54) is 0 Å². The molecule has 1 saturated heterocycles. The number of piperidine rings is 1. The Morgan fingerprint density at radius 3 is 2.12 bits per heavy atom. The van der Waals surface area contributed by atoms with Crippen molar-refractivity contribution < 1.29 is 15.3 Å². The third-order valence-corrected chi connectivity index (χ3v) is 4.09. The molecule has 1 aliphatic rings. The molecule has 4 nitrogen and oxygen atoms in total. The Morgan fingerprint density at radius 1 is 1.06 bits per heavy atom. The van der Waals surface area contributed by atoms with Crippen molar-refractivity contribution in [3.05, 3.63) is 0 Å². The molecule has 0 radical (unpaired) electrons. The summed E-state index contributed by atoms with van der Waals surface area (Å²) < 4.78 is 0. The van der Waals surface area contributed by atoms with Crippen molar-refractivity contribution in [2.75, 3.05) is 13.1 Å². The maximum atomic E-state index is 9.98. The van der Waals surface area contributed by atoms with Gasteiger partial charge in [-0.25, -0.2) is 0 Å². The average Bonchev–Trinajstić information content (AvgIpc) is 2.33. The minimum atomic E-state index is -1.00. The van der Waals surface area contributed by atoms with Gasteiger partial charge in [-0.15, -0.1) is 0 Å². The minimum Gasteiger partial charge on any atom is -0.389 e. The number of β-amino-alcohol motifs (C(OH)–C–C–N with tert-alkyl or cyclic N) is 1. The molecule has 0 unspecified atom stereocenters. The lowest BCUT2D eigenvalue weighted by Gasteiger charge is -2.44. The molecule has 0 amide bonds. The topological polar surface area (TPSA) is 63.9 Å². The van der Waals surface area contributed by atoms with Crippen molar-refractivity contribution in [3.8, 4) is 0 Å². The molecule has 17 heavy (non-hydrogen) atoms. The molecule has 0 aromatic carbocycles. The minimum absolute atomic E-state index is 0.0333. The second-order valence-electron chi connectivity index (χ2n) is 5.16. The number of rotatable bonds is 5. The van der Waals surface area contributed by atoms with Gasteiger partial charge in [0.25, 0.3) is 0 Å². The standard InChI is InChI=1S/C13H27NO3/c1-4-9(5-2)7-14-8-11(15)13(17)12(16)10(14)6-3/h9-13,15-17H,4-8H2,1-3H3/t10-,11-,12+,13+/m0/s1. The van der Waals surface area contributed by atoms with E-state index in [2.05, 4.69) is 18.7 Å². The van der Waals surface area contributed by atoms with Gasteiger partial charge in [0, 0.05) is 19.1 Å². The van der Waals surface area contributed by atoms with Gasteiger partial charge in [0.05, 0.1) is 12.2 Å². The van der Waals surface area contributed by atoms with Gasteiger partial charge in [-0.05, 0) is 12.3 Å². The van der Waals surface area contributed by atoms with Crippen molar-refractivity contribution in [3.63, 3.8) is 0 Å². The van der Waals surface area contributed by atoms with Gasteiger partial charge < -0.3 is 15.3 Å². The van der Waals surface area contributed by atoms with Crippen LogP contribution in [-0.4, -0.2) is 57.7 Å². The van der Waals surface area contributed by atoms with Gasteiger partial charge in [-0.3, -0.25) is 4.90 Å². The predicted molar refractivity (Wildman–Crippen MR) is 67.7 cm³/mol. The van der Waals surface area contributed by atoms with E-state index in [4.69, 9.17) is 0 Å². The Kier molecular flexibility index (Phi) is 5.86. The van der Waals surface area contributed by atoms with E-state index in [1.807, 2.05) is 6.92 Å². The van der Waals surface area contributed by atoms with Crippen LogP contribution in [0.3, 0.4) is 0 Å². The van der Waals surface area contributed by atoms with Gasteiger partial charge in [0.2, 0.25) is 0 Å². The van der Waals surface area contributed by atoms with Crippen molar-refractivity contribution in [2.24, 2.45) is 5.92 Å². The monoisotopic (exact) mass is 245 g/mol. The maximum absolute atomic E-state index is 9.98. The third-order valence-electron chi connectivity index (χ3n) is 4.09. The summed E-state index contributed by atoms with van der Waals surface area (Å²) in [5, 5.41) is 29.4. The molecule has 1 fully saturated rings. The molecule has 0 spiro atoms. The highest BCUT2D eigenvalue weighted by atomic mass is 16.4. The van der Waals surface area contributed by atoms with Gasteiger partial charge in [0.15, 0.2) is 0 Å². The van der Waals surface area contributed by atoms with Gasteiger partial charge in [-0.2, -0.15) is 0 Å². The van der Waals surface area contributed by atoms with E-state index in [0.29, 0.717) is 12.5 Å². The highest BCUT2D eigenvalue weighted by Crippen LogP contribution is 2.23. The molecule has 0 aliphatic carbocycles. The molecule has 1 rings (SSSR count). The first-order chi connectivity index (χ1) is 8.04. The van der Waals surface area contributed by atoms with E-state index in [-0.39, 0.29) is 6.04 Å². The Balaban J connectivity index is 2.68. The predicted octanol–water partition coefficient (Wildman–Crippen LogP) is 0.599. The Morgan fingerprint density at radius 2 is 1.65 bits per heavy atom. The van der Waals surface area contributed by atoms with Crippen LogP contribution in [0, 0.1) is 5.92 Å². The van der Waals surface area contributed by atoms with Gasteiger partial charge >= 0.3 is 0 Å². The van der Waals surface area contributed by atoms with Crippen LogP contribution in [-0.2, 0) is 0 Å². The zero-order valence-electron chi connectivity index (χ0n) is 11.2. The maximum Gasteiger partial charge on any atom is 0.108 e. The Hall–Kier alpha value is -0.160. The zero-order chi connectivity index (χ0) is 13.0. The van der Waals surface area contributed by atoms with E-state index in [0.717, 1.165) is 25.8 Å². The number of hydrogen-bond donors (Lipinski definition) is 3. The molecule has 3 N–H and O–H groups in total. The number of aliphatic hydroxyl groups excluding tert-OH is 3. The van der Waals surface area contributed by atoms with Crippen LogP contribution < -0.4 is 0 Å². The van der Waals surface area contributed by atoms with Crippen molar-refractivity contribution in [1.82, 2.24) is 4.90 Å². The molecule has 0 bridgehead atoms. The lowest BCUT2D eigenvalue weighted by Crippen LogP contribution is -2.61. The molecular weight excluding hydrogens is 218 g/mol. The van der Waals surface area contributed by atoms with Crippen molar-refractivity contribution in [2.45, 2.75) is 64.4 Å². The van der Waals surface area contributed by atoms with Crippen molar-refractivity contribution >= 4 is 0 Å². The first-order valence-corrected chi connectivity index (χ1v) is 6.83. The largest absolute Gasteiger partial charge is 0.389 e. The summed E-state index contributed by atoms with van der Waals surface area (Å²) in [5.74, 6) is 0.596. The van der Waals surface area contributed by atoms with Crippen molar-refractivity contribution in [1.29, 1.82) is 0 Å². The fraction of sp³-hybridized carbons (Fsp3) is 1.00. The fourth-order valence-electron chi connectivity index (χ4n) is 2.74. The fourth-order valence-corrected chi connectivity index (χ4v) is 2.74. The highest BCUT2D eigenvalue weighted by molar-refractivity contribution is 4.94. The summed E-state index contributed by atoms with van der Waals surface area (Å²) in [5.41, 5.74) is 0. The molecule has 0 saturated carbocycles. The van der Waals surface area contributed by atoms with Crippen LogP contribution in [0.25, 0.3) is 0 Å². The third kappa shape index (κ3) is 3.41. The molecular formula is C13H27NO3. The second kappa shape index (κ2) is 6.69. The Bertz CT molecular complexity index is 221. The smallest absolute Gasteiger partial charge is 0.108 e. The van der Waals surface area contributed by atoms with Gasteiger partial charge in [-0.1, -0.05) is 33.6 Å². The van der Waals surface area contributed by atoms with E-state index in [1.54, 1.807) is 0 Å². The van der Waals surface area contributed by atoms with Crippen LogP contribution in [0.5, 0.6) is 0 Å². The Labute approximate surface area is 104 Å². The number of nitrogens with zero attached hydrogens (tertiary/aromatic N) is 1. The second-order valence-corrected chi connectivity index (χ2v) is 5.16. The summed E-state index contributed by atoms with van der Waals surface area (Å²) >= 11 is 0. The number of likely N-dealkylation sites (tertiary alicyclic amines) is 1. The van der Waals surface area contributed by atoms with Crippen LogP contribution in [0.1, 0.15) is 40.0 Å². The van der Waals surface area contributed by atoms with Crippen LogP contribution in [0.4, 0.5) is 0 Å². The highest BCUT2D eigenvalue weighted by Gasteiger charge is 2.40. The first kappa shape index (κ1) is 14.9. The quantitative estimate of drug-likeness (QED) is 0.664. The summed E-state index contributed by atoms with van der Waals surface area (Å²) in [6, 6.07) is -0.0333. The normalized spacial score (nSPS) is 35.5. The molecule has 102 valence electrons. The summed E-state index contributed by atoms with van der Waals surface area (Å²) in [4.78, 5) is 2.14. The summed E-state index contributed by atoms with van der Waals surface area (Å²) in [6.45, 7) is 7.71. The summed E-state index contributed by atoms with van der Waals surface area (Å²) in [7, 11) is 0. The lowest BCUT2D eigenvalue weighted by molar-refractivity contribution is -0.140. The molecule has 1 heterocycles. The zero-order valence-corrected chi connectivity index (χ0v) is 11.2. The van der Waals surface area contributed by atoms with E-state index < -0.39 is 18.3 Å². The number of aliphatic hydroxyl groups is 3. The molecule has 0 aromatic heterocycles. The summed E-state index contributed by atoms with van der Waals surface area (Å²) in [6.07, 6.45) is 0.347. The molecule has 0 aromatic rings. The molecule has 4 atom stereocenters. The molecule has 1 aliphatic heterocycles. The van der Waals surface area contributed by atoms with Crippen LogP contribution in [0.2, 0.25) is 0 Å². The van der Waals surface area contributed by atoms with Crippen LogP contribution in [0.15, 0.2) is 0 Å². The van der Waals surface area contributed by atoms with Crippen LogP contribution >= 0.6 is 0 Å². The SMILES string of the molecule is CCC(CC)CN1C[C@H](O)[C@@H](O)[C@H](O)[C@@H]1CC. The lowest BCUT2D eigenvalue weighted by atomic mass is 9.90. The van der Waals surface area contributed by atoms with E-state index in [9.17, 15) is 15.3 Å². The van der Waals surface area contributed by atoms with Gasteiger partial charge in [0.1, 0.15) is 6.10 Å². The number of hydrogen-bond acceptors (Lipinski definition) is 4. The average molecular weight is 245 g/mol. The van der Waals surface area contributed by atoms with E-state index >= 15 is 0 Å². The molecule has 4 heteroatoms.